The van der Waals surface area contributed by atoms with Crippen LogP contribution in [0.25, 0.3) is 0 Å². The first-order valence-corrected chi connectivity index (χ1v) is 6.88. The van der Waals surface area contributed by atoms with Crippen LogP contribution >= 0.6 is 0 Å². The predicted octanol–water partition coefficient (Wildman–Crippen LogP) is 0.980. The fourth-order valence-corrected chi connectivity index (χ4v) is 2.41. The second-order valence-corrected chi connectivity index (χ2v) is 6.19. The average Bonchev–Trinajstić information content (AvgIpc) is 2.88. The Balaban J connectivity index is 1.98. The number of hydrogen-bond acceptors (Lipinski definition) is 4. The molecule has 0 radical (unpaired) electrons. The van der Waals surface area contributed by atoms with Crippen molar-refractivity contribution in [2.75, 3.05) is 26.2 Å². The zero-order chi connectivity index (χ0) is 14.0. The summed E-state index contributed by atoms with van der Waals surface area (Å²) in [7, 11) is 0. The van der Waals surface area contributed by atoms with Crippen LogP contribution in [0.5, 0.6) is 0 Å². The normalized spacial score (nSPS) is 24.2. The van der Waals surface area contributed by atoms with Gasteiger partial charge in [0.15, 0.2) is 0 Å². The maximum atomic E-state index is 12.1. The lowest BCUT2D eigenvalue weighted by atomic mass is 10.1. The van der Waals surface area contributed by atoms with Crippen molar-refractivity contribution in [3.05, 3.63) is 0 Å². The van der Waals surface area contributed by atoms with Crippen LogP contribution in [0.2, 0.25) is 0 Å². The molecule has 6 heteroatoms. The van der Waals surface area contributed by atoms with Gasteiger partial charge in [-0.25, -0.2) is 14.8 Å². The molecular weight excluding hydrogens is 246 g/mol. The second kappa shape index (κ2) is 5.36. The van der Waals surface area contributed by atoms with Crippen molar-refractivity contribution in [3.8, 4) is 0 Å². The minimum Gasteiger partial charge on any atom is -0.442 e. The van der Waals surface area contributed by atoms with Crippen molar-refractivity contribution < 1.29 is 14.3 Å². The van der Waals surface area contributed by atoms with Gasteiger partial charge in [-0.2, -0.15) is 0 Å². The summed E-state index contributed by atoms with van der Waals surface area (Å²) in [5, 5.41) is 6.28. The molecule has 2 rings (SSSR count). The maximum Gasteiger partial charge on any atom is 0.429 e. The Hall–Kier alpha value is -1.30. The quantitative estimate of drug-likeness (QED) is 0.812. The van der Waals surface area contributed by atoms with Gasteiger partial charge >= 0.3 is 6.09 Å². The monoisotopic (exact) mass is 269 g/mol. The minimum absolute atomic E-state index is 0.0118. The average molecular weight is 269 g/mol. The van der Waals surface area contributed by atoms with Crippen molar-refractivity contribution in [1.29, 1.82) is 0 Å². The van der Waals surface area contributed by atoms with Gasteiger partial charge in [-0.15, -0.1) is 0 Å². The molecule has 108 valence electrons. The van der Waals surface area contributed by atoms with Crippen LogP contribution in [0.4, 0.5) is 4.79 Å². The third-order valence-electron chi connectivity index (χ3n) is 3.31. The molecule has 0 aliphatic carbocycles. The van der Waals surface area contributed by atoms with E-state index in [0.717, 1.165) is 19.5 Å². The van der Waals surface area contributed by atoms with Gasteiger partial charge in [-0.05, 0) is 46.2 Å². The van der Waals surface area contributed by atoms with Gasteiger partial charge in [-0.3, -0.25) is 4.79 Å². The Labute approximate surface area is 114 Å². The van der Waals surface area contributed by atoms with Crippen LogP contribution in [0.3, 0.4) is 0 Å². The summed E-state index contributed by atoms with van der Waals surface area (Å²) in [6.45, 7) is 8.40. The molecule has 2 aliphatic rings. The Morgan fingerprint density at radius 3 is 2.79 bits per heavy atom. The minimum atomic E-state index is -0.538. The van der Waals surface area contributed by atoms with E-state index in [4.69, 9.17) is 4.74 Å². The van der Waals surface area contributed by atoms with Gasteiger partial charge in [0.2, 0.25) is 5.91 Å². The standard InChI is InChI=1S/C13H23N3O3/c1-13(2,3)19-12(18)15-7-5-11(17)16(15)9-10-4-6-14-8-10/h10,14H,4-9H2,1-3H3. The van der Waals surface area contributed by atoms with E-state index in [-0.39, 0.29) is 5.91 Å². The van der Waals surface area contributed by atoms with E-state index in [9.17, 15) is 9.59 Å². The number of nitrogens with zero attached hydrogens (tertiary/aromatic N) is 2. The molecule has 2 amide bonds. The van der Waals surface area contributed by atoms with Crippen molar-refractivity contribution in [3.63, 3.8) is 0 Å². The van der Waals surface area contributed by atoms with Crippen LogP contribution in [-0.4, -0.2) is 53.8 Å². The van der Waals surface area contributed by atoms with Crippen molar-refractivity contribution >= 4 is 12.0 Å². The lowest BCUT2D eigenvalue weighted by Gasteiger charge is -2.31. The molecule has 0 aromatic carbocycles. The van der Waals surface area contributed by atoms with E-state index in [0.29, 0.717) is 25.4 Å². The summed E-state index contributed by atoms with van der Waals surface area (Å²) in [5.74, 6) is 0.435. The van der Waals surface area contributed by atoms with E-state index in [1.165, 1.54) is 5.01 Å². The highest BCUT2D eigenvalue weighted by Gasteiger charge is 2.36. The lowest BCUT2D eigenvalue weighted by molar-refractivity contribution is -0.138. The van der Waals surface area contributed by atoms with Crippen LogP contribution in [0, 0.1) is 5.92 Å². The van der Waals surface area contributed by atoms with Crippen molar-refractivity contribution in [1.82, 2.24) is 15.3 Å². The molecule has 1 atom stereocenters. The van der Waals surface area contributed by atoms with E-state index in [2.05, 4.69) is 5.32 Å². The summed E-state index contributed by atoms with van der Waals surface area (Å²) in [5.41, 5.74) is -0.538. The van der Waals surface area contributed by atoms with Crippen LogP contribution in [0.15, 0.2) is 0 Å². The molecule has 1 N–H and O–H groups in total. The fraction of sp³-hybridized carbons (Fsp3) is 0.846. The van der Waals surface area contributed by atoms with Crippen molar-refractivity contribution in [2.24, 2.45) is 5.92 Å². The van der Waals surface area contributed by atoms with Crippen LogP contribution in [0.1, 0.15) is 33.6 Å². The third-order valence-corrected chi connectivity index (χ3v) is 3.31. The zero-order valence-corrected chi connectivity index (χ0v) is 11.9. The van der Waals surface area contributed by atoms with Crippen LogP contribution in [-0.2, 0) is 9.53 Å². The van der Waals surface area contributed by atoms with Gasteiger partial charge in [0.05, 0.1) is 6.54 Å². The summed E-state index contributed by atoms with van der Waals surface area (Å²) >= 11 is 0. The first-order chi connectivity index (χ1) is 8.87. The highest BCUT2D eigenvalue weighted by Crippen LogP contribution is 2.20. The van der Waals surface area contributed by atoms with Crippen LogP contribution < -0.4 is 5.32 Å². The predicted molar refractivity (Wildman–Crippen MR) is 70.2 cm³/mol. The molecule has 0 spiro atoms. The number of carbonyl (C=O) groups excluding carboxylic acids is 2. The number of hydrazine groups is 1. The molecule has 2 heterocycles. The Morgan fingerprint density at radius 2 is 2.21 bits per heavy atom. The number of ether oxygens (including phenoxy) is 1. The number of carbonyl (C=O) groups is 2. The molecular formula is C13H23N3O3. The molecule has 0 aromatic heterocycles. The molecule has 2 aliphatic heterocycles. The third kappa shape index (κ3) is 3.59. The molecule has 2 fully saturated rings. The number of nitrogens with one attached hydrogen (secondary N) is 1. The van der Waals surface area contributed by atoms with Crippen molar-refractivity contribution in [2.45, 2.75) is 39.2 Å². The summed E-state index contributed by atoms with van der Waals surface area (Å²) in [6, 6.07) is 0. The van der Waals surface area contributed by atoms with Gasteiger partial charge in [0, 0.05) is 13.0 Å². The smallest absolute Gasteiger partial charge is 0.429 e. The first kappa shape index (κ1) is 14.1. The first-order valence-electron chi connectivity index (χ1n) is 6.88. The number of amides is 2. The number of hydrogen-bond donors (Lipinski definition) is 1. The maximum absolute atomic E-state index is 12.1. The highest BCUT2D eigenvalue weighted by atomic mass is 16.6. The van der Waals surface area contributed by atoms with E-state index in [1.807, 2.05) is 20.8 Å². The molecule has 0 saturated carbocycles. The van der Waals surface area contributed by atoms with Gasteiger partial charge in [-0.1, -0.05) is 0 Å². The summed E-state index contributed by atoms with van der Waals surface area (Å²) in [6.07, 6.45) is 1.01. The zero-order valence-electron chi connectivity index (χ0n) is 11.9. The largest absolute Gasteiger partial charge is 0.442 e. The molecule has 0 aromatic rings. The lowest BCUT2D eigenvalue weighted by Crippen LogP contribution is -2.47. The van der Waals surface area contributed by atoms with E-state index >= 15 is 0 Å². The van der Waals surface area contributed by atoms with E-state index in [1.54, 1.807) is 5.01 Å². The van der Waals surface area contributed by atoms with Gasteiger partial charge in [0.25, 0.3) is 0 Å². The molecule has 0 bridgehead atoms. The Morgan fingerprint density at radius 1 is 1.47 bits per heavy atom. The Bertz CT molecular complexity index is 359. The SMILES string of the molecule is CC(C)(C)OC(=O)N1CCC(=O)N1CC1CCNC1. The fourth-order valence-electron chi connectivity index (χ4n) is 2.41. The Kier molecular flexibility index (Phi) is 3.99. The molecule has 6 nitrogen and oxygen atoms in total. The molecule has 1 unspecified atom stereocenters. The van der Waals surface area contributed by atoms with Gasteiger partial charge in [0.1, 0.15) is 5.60 Å². The van der Waals surface area contributed by atoms with E-state index < -0.39 is 11.7 Å². The second-order valence-electron chi connectivity index (χ2n) is 6.19. The topological polar surface area (TPSA) is 61.9 Å². The van der Waals surface area contributed by atoms with Gasteiger partial charge < -0.3 is 10.1 Å². The molecule has 2 saturated heterocycles. The molecule has 19 heavy (non-hydrogen) atoms. The summed E-state index contributed by atoms with van der Waals surface area (Å²) < 4.78 is 5.34. The number of rotatable bonds is 2. The highest BCUT2D eigenvalue weighted by molar-refractivity contribution is 5.82. The summed E-state index contributed by atoms with van der Waals surface area (Å²) in [4.78, 5) is 24.0.